The van der Waals surface area contributed by atoms with Gasteiger partial charge in [0.2, 0.25) is 15.9 Å². The van der Waals surface area contributed by atoms with Gasteiger partial charge in [0, 0.05) is 26.1 Å². The Morgan fingerprint density at radius 1 is 1.19 bits per heavy atom. The fraction of sp³-hybridized carbons (Fsp3) is 0.889. The number of rotatable bonds is 15. The first-order valence-electron chi connectivity index (χ1n) is 10.9. The summed E-state index contributed by atoms with van der Waals surface area (Å²) in [5.74, 6) is -1.91. The van der Waals surface area contributed by atoms with E-state index in [9.17, 15) is 23.1 Å². The van der Waals surface area contributed by atoms with Gasteiger partial charge in [0.15, 0.2) is 0 Å². The summed E-state index contributed by atoms with van der Waals surface area (Å²) < 4.78 is 26.0. The lowest BCUT2D eigenvalue weighted by Crippen LogP contribution is -2.51. The molecule has 13 heteroatoms. The number of carboxylic acid groups (broad SMARTS) is 1. The molecule has 1 amide bonds. The largest absolute Gasteiger partial charge is 0.480 e. The first kappa shape index (κ1) is 25.9. The van der Waals surface area contributed by atoms with Crippen LogP contribution in [0.4, 0.5) is 0 Å². The Balaban J connectivity index is 1.64. The molecule has 3 atom stereocenters. The number of amides is 1. The Kier molecular flexibility index (Phi) is 11.1. The van der Waals surface area contributed by atoms with Gasteiger partial charge < -0.3 is 10.4 Å². The SMILES string of the molecule is CCCCS(=O)(=O)NC(CNC(=O)C1CC(CCCCNC2NCCN2)ON1)C(=O)O. The molecule has 0 bridgehead atoms. The van der Waals surface area contributed by atoms with Gasteiger partial charge in [0.25, 0.3) is 0 Å². The first-order chi connectivity index (χ1) is 14.8. The highest BCUT2D eigenvalue weighted by Crippen LogP contribution is 2.16. The van der Waals surface area contributed by atoms with Crippen LogP contribution in [0.1, 0.15) is 45.4 Å². The molecule has 7 N–H and O–H groups in total. The molecule has 2 heterocycles. The normalized spacial score (nSPS) is 23.1. The number of carbonyl (C=O) groups is 2. The van der Waals surface area contributed by atoms with Crippen LogP contribution in [0, 0.1) is 0 Å². The summed E-state index contributed by atoms with van der Waals surface area (Å²) in [5, 5.41) is 21.7. The molecule has 0 saturated carbocycles. The van der Waals surface area contributed by atoms with Crippen molar-refractivity contribution in [3.8, 4) is 0 Å². The topological polar surface area (TPSA) is 170 Å². The van der Waals surface area contributed by atoms with Gasteiger partial charge in [-0.15, -0.1) is 0 Å². The second kappa shape index (κ2) is 13.3. The predicted octanol–water partition coefficient (Wildman–Crippen LogP) is -1.83. The third kappa shape index (κ3) is 9.76. The molecule has 2 aliphatic rings. The number of hydroxylamine groups is 1. The van der Waals surface area contributed by atoms with E-state index in [0.717, 1.165) is 38.9 Å². The number of hydrogen-bond acceptors (Lipinski definition) is 9. The maximum atomic E-state index is 12.3. The highest BCUT2D eigenvalue weighted by molar-refractivity contribution is 7.89. The van der Waals surface area contributed by atoms with Crippen molar-refractivity contribution in [3.63, 3.8) is 0 Å². The average molecular weight is 465 g/mol. The van der Waals surface area contributed by atoms with Crippen molar-refractivity contribution in [3.05, 3.63) is 0 Å². The molecule has 2 rings (SSSR count). The molecule has 2 aliphatic heterocycles. The number of aliphatic carboxylic acids is 1. The molecule has 2 fully saturated rings. The molecular formula is C18H36N6O6S. The average Bonchev–Trinajstić information content (AvgIpc) is 3.41. The summed E-state index contributed by atoms with van der Waals surface area (Å²) in [6, 6.07) is -2.01. The maximum absolute atomic E-state index is 12.3. The van der Waals surface area contributed by atoms with Crippen LogP contribution >= 0.6 is 0 Å². The van der Waals surface area contributed by atoms with E-state index in [-0.39, 0.29) is 24.7 Å². The lowest BCUT2D eigenvalue weighted by molar-refractivity contribution is -0.139. The number of nitrogens with one attached hydrogen (secondary N) is 6. The van der Waals surface area contributed by atoms with Gasteiger partial charge in [-0.25, -0.2) is 8.42 Å². The van der Waals surface area contributed by atoms with Gasteiger partial charge in [0.1, 0.15) is 18.4 Å². The second-order valence-electron chi connectivity index (χ2n) is 7.86. The minimum Gasteiger partial charge on any atom is -0.480 e. The van der Waals surface area contributed by atoms with Crippen LogP contribution in [-0.4, -0.2) is 81.8 Å². The standard InChI is InChI=1S/C18H36N6O6S/c1-2-3-10-31(28,29)24-15(17(26)27)12-22-16(25)14-11-13(30-23-14)6-4-5-7-19-18-20-8-9-21-18/h13-15,18-21,23-24H,2-12H2,1H3,(H,22,25)(H,26,27). The number of unbranched alkanes of at least 4 members (excludes halogenated alkanes) is 2. The van der Waals surface area contributed by atoms with Crippen LogP contribution in [0.2, 0.25) is 0 Å². The lowest BCUT2D eigenvalue weighted by atomic mass is 10.1. The number of sulfonamides is 1. The molecule has 12 nitrogen and oxygen atoms in total. The van der Waals surface area contributed by atoms with E-state index in [4.69, 9.17) is 4.84 Å². The van der Waals surface area contributed by atoms with E-state index >= 15 is 0 Å². The van der Waals surface area contributed by atoms with Crippen LogP contribution in [0.15, 0.2) is 0 Å². The zero-order valence-corrected chi connectivity index (χ0v) is 18.8. The monoisotopic (exact) mass is 464 g/mol. The number of hydrogen-bond donors (Lipinski definition) is 7. The van der Waals surface area contributed by atoms with E-state index < -0.39 is 34.0 Å². The molecular weight excluding hydrogens is 428 g/mol. The van der Waals surface area contributed by atoms with Gasteiger partial charge in [-0.3, -0.25) is 30.4 Å². The van der Waals surface area contributed by atoms with Gasteiger partial charge in [0.05, 0.1) is 11.9 Å². The van der Waals surface area contributed by atoms with Crippen LogP contribution in [-0.2, 0) is 24.4 Å². The molecule has 0 aromatic heterocycles. The Labute approximate surface area is 183 Å². The van der Waals surface area contributed by atoms with Crippen LogP contribution in [0.3, 0.4) is 0 Å². The highest BCUT2D eigenvalue weighted by atomic mass is 32.2. The molecule has 180 valence electrons. The van der Waals surface area contributed by atoms with Crippen molar-refractivity contribution in [2.24, 2.45) is 0 Å². The zero-order valence-electron chi connectivity index (χ0n) is 18.0. The summed E-state index contributed by atoms with van der Waals surface area (Å²) in [6.45, 7) is 4.30. The second-order valence-corrected chi connectivity index (χ2v) is 9.74. The third-order valence-electron chi connectivity index (χ3n) is 5.18. The van der Waals surface area contributed by atoms with Crippen molar-refractivity contribution in [2.45, 2.75) is 69.9 Å². The van der Waals surface area contributed by atoms with Gasteiger partial charge >= 0.3 is 5.97 Å². The van der Waals surface area contributed by atoms with Crippen molar-refractivity contribution in [1.82, 2.24) is 31.5 Å². The van der Waals surface area contributed by atoms with E-state index in [1.807, 2.05) is 6.92 Å². The quantitative estimate of drug-likeness (QED) is 0.137. The lowest BCUT2D eigenvalue weighted by Gasteiger charge is -2.17. The minimum atomic E-state index is -3.72. The molecule has 0 aromatic carbocycles. The highest BCUT2D eigenvalue weighted by Gasteiger charge is 2.32. The molecule has 2 saturated heterocycles. The van der Waals surface area contributed by atoms with E-state index in [2.05, 4.69) is 31.5 Å². The summed E-state index contributed by atoms with van der Waals surface area (Å²) in [7, 11) is -3.72. The molecule has 0 aromatic rings. The first-order valence-corrected chi connectivity index (χ1v) is 12.6. The summed E-state index contributed by atoms with van der Waals surface area (Å²) in [5.41, 5.74) is 2.69. The predicted molar refractivity (Wildman–Crippen MR) is 114 cm³/mol. The van der Waals surface area contributed by atoms with Crippen molar-refractivity contribution < 1.29 is 28.0 Å². The van der Waals surface area contributed by atoms with Crippen molar-refractivity contribution in [1.29, 1.82) is 0 Å². The summed E-state index contributed by atoms with van der Waals surface area (Å²) in [6.07, 6.45) is 4.39. The number of carboxylic acids is 1. The smallest absolute Gasteiger partial charge is 0.323 e. The van der Waals surface area contributed by atoms with E-state index in [0.29, 0.717) is 19.3 Å². The molecule has 0 radical (unpaired) electrons. The van der Waals surface area contributed by atoms with Crippen LogP contribution in [0.5, 0.6) is 0 Å². The molecule has 31 heavy (non-hydrogen) atoms. The molecule has 0 aliphatic carbocycles. The van der Waals surface area contributed by atoms with Gasteiger partial charge in [-0.05, 0) is 32.2 Å². The summed E-state index contributed by atoms with van der Waals surface area (Å²) >= 11 is 0. The van der Waals surface area contributed by atoms with E-state index in [1.54, 1.807) is 0 Å². The Hall–Kier alpha value is -1.35. The van der Waals surface area contributed by atoms with Gasteiger partial charge in [-0.1, -0.05) is 13.3 Å². The molecule has 0 spiro atoms. The Morgan fingerprint density at radius 3 is 2.61 bits per heavy atom. The van der Waals surface area contributed by atoms with E-state index in [1.165, 1.54) is 0 Å². The Morgan fingerprint density at radius 2 is 1.94 bits per heavy atom. The van der Waals surface area contributed by atoms with Crippen molar-refractivity contribution in [2.75, 3.05) is 31.9 Å². The Bertz CT molecular complexity index is 672. The third-order valence-corrected chi connectivity index (χ3v) is 6.65. The van der Waals surface area contributed by atoms with Crippen LogP contribution < -0.4 is 31.5 Å². The summed E-state index contributed by atoms with van der Waals surface area (Å²) in [4.78, 5) is 29.2. The molecule has 3 unspecified atom stereocenters. The number of carbonyl (C=O) groups excluding carboxylic acids is 1. The van der Waals surface area contributed by atoms with Crippen LogP contribution in [0.25, 0.3) is 0 Å². The minimum absolute atomic E-state index is 0.0960. The maximum Gasteiger partial charge on any atom is 0.323 e. The van der Waals surface area contributed by atoms with Gasteiger partial charge in [-0.2, -0.15) is 10.2 Å². The fourth-order valence-corrected chi connectivity index (χ4v) is 4.79. The zero-order chi connectivity index (χ0) is 22.7. The van der Waals surface area contributed by atoms with Crippen molar-refractivity contribution >= 4 is 21.9 Å². The fourth-order valence-electron chi connectivity index (χ4n) is 3.38.